The van der Waals surface area contributed by atoms with Crippen LogP contribution in [0.4, 0.5) is 5.82 Å². The molecule has 0 aliphatic carbocycles. The number of hydrogen-bond acceptors (Lipinski definition) is 4. The molecule has 0 spiro atoms. The molecule has 0 aromatic carbocycles. The molecule has 0 radical (unpaired) electrons. The van der Waals surface area contributed by atoms with Gasteiger partial charge in [-0.25, -0.2) is 4.98 Å². The maximum atomic E-state index is 5.76. The third-order valence-electron chi connectivity index (χ3n) is 3.90. The molecule has 5 nitrogen and oxygen atoms in total. The molecule has 3 heterocycles. The van der Waals surface area contributed by atoms with Crippen LogP contribution in [0.15, 0.2) is 24.4 Å². The molecule has 2 aromatic rings. The molecule has 1 saturated heterocycles. The Kier molecular flexibility index (Phi) is 4.41. The molecule has 0 amide bonds. The molecule has 1 fully saturated rings. The molecule has 0 bridgehead atoms. The number of ether oxygens (including phenoxy) is 1. The second-order valence-electron chi connectivity index (χ2n) is 5.57. The Balaban J connectivity index is 1.99. The van der Waals surface area contributed by atoms with E-state index in [1.54, 1.807) is 0 Å². The minimum atomic E-state index is 0.254. The van der Waals surface area contributed by atoms with Crippen molar-refractivity contribution in [1.29, 1.82) is 0 Å². The van der Waals surface area contributed by atoms with Gasteiger partial charge in [0.25, 0.3) is 0 Å². The molecule has 21 heavy (non-hydrogen) atoms. The monoisotopic (exact) mass is 288 g/mol. The van der Waals surface area contributed by atoms with Gasteiger partial charge in [0.1, 0.15) is 5.65 Å². The van der Waals surface area contributed by atoms with Crippen molar-refractivity contribution in [2.24, 2.45) is 0 Å². The van der Waals surface area contributed by atoms with Crippen LogP contribution < -0.4 is 10.2 Å². The van der Waals surface area contributed by atoms with E-state index in [0.717, 1.165) is 50.7 Å². The Bertz CT molecular complexity index is 595. The predicted octanol–water partition coefficient (Wildman–Crippen LogP) is 2.06. The van der Waals surface area contributed by atoms with Crippen molar-refractivity contribution in [1.82, 2.24) is 14.7 Å². The first-order chi connectivity index (χ1) is 10.3. The zero-order valence-electron chi connectivity index (χ0n) is 12.9. The zero-order chi connectivity index (χ0) is 14.7. The lowest BCUT2D eigenvalue weighted by atomic mass is 10.3. The van der Waals surface area contributed by atoms with Crippen molar-refractivity contribution in [2.75, 3.05) is 31.1 Å². The summed E-state index contributed by atoms with van der Waals surface area (Å²) in [4.78, 5) is 7.23. The molecule has 1 aliphatic rings. The summed E-state index contributed by atoms with van der Waals surface area (Å²) in [5.41, 5.74) is 2.25. The van der Waals surface area contributed by atoms with Gasteiger partial charge < -0.3 is 19.4 Å². The number of imidazole rings is 1. The summed E-state index contributed by atoms with van der Waals surface area (Å²) in [6, 6.07) is 6.16. The van der Waals surface area contributed by atoms with Gasteiger partial charge in [-0.1, -0.05) is 13.0 Å². The topological polar surface area (TPSA) is 41.8 Å². The lowest BCUT2D eigenvalue weighted by Crippen LogP contribution is -2.31. The smallest absolute Gasteiger partial charge is 0.152 e. The number of rotatable bonds is 4. The number of nitrogens with one attached hydrogen (secondary N) is 1. The average molecular weight is 288 g/mol. The quantitative estimate of drug-likeness (QED) is 0.935. The SMILES string of the molecule is CCNCc1c(N2CCCOC(C)C2)nc2ccccn12. The van der Waals surface area contributed by atoms with Gasteiger partial charge in [0.2, 0.25) is 0 Å². The second-order valence-corrected chi connectivity index (χ2v) is 5.57. The highest BCUT2D eigenvalue weighted by atomic mass is 16.5. The van der Waals surface area contributed by atoms with Crippen LogP contribution in [0, 0.1) is 0 Å². The van der Waals surface area contributed by atoms with E-state index in [4.69, 9.17) is 9.72 Å². The fourth-order valence-electron chi connectivity index (χ4n) is 2.88. The molecule has 1 atom stereocenters. The van der Waals surface area contributed by atoms with E-state index in [1.165, 1.54) is 5.69 Å². The van der Waals surface area contributed by atoms with Gasteiger partial charge >= 0.3 is 0 Å². The van der Waals surface area contributed by atoms with Gasteiger partial charge in [0, 0.05) is 32.4 Å². The maximum absolute atomic E-state index is 5.76. The van der Waals surface area contributed by atoms with Gasteiger partial charge in [-0.3, -0.25) is 0 Å². The van der Waals surface area contributed by atoms with Crippen LogP contribution in [0.5, 0.6) is 0 Å². The normalized spacial score (nSPS) is 19.9. The van der Waals surface area contributed by atoms with Crippen LogP contribution in [0.2, 0.25) is 0 Å². The molecule has 114 valence electrons. The molecule has 0 saturated carbocycles. The minimum Gasteiger partial charge on any atom is -0.377 e. The van der Waals surface area contributed by atoms with Crippen molar-refractivity contribution in [3.05, 3.63) is 30.1 Å². The van der Waals surface area contributed by atoms with Crippen LogP contribution in [0.25, 0.3) is 5.65 Å². The van der Waals surface area contributed by atoms with E-state index in [1.807, 2.05) is 6.07 Å². The second kappa shape index (κ2) is 6.45. The van der Waals surface area contributed by atoms with Gasteiger partial charge in [-0.2, -0.15) is 0 Å². The molecule has 1 unspecified atom stereocenters. The minimum absolute atomic E-state index is 0.254. The Morgan fingerprint density at radius 2 is 2.33 bits per heavy atom. The van der Waals surface area contributed by atoms with Crippen LogP contribution in [0.3, 0.4) is 0 Å². The summed E-state index contributed by atoms with van der Waals surface area (Å²) in [6.07, 6.45) is 3.40. The zero-order valence-corrected chi connectivity index (χ0v) is 12.9. The first-order valence-electron chi connectivity index (χ1n) is 7.83. The molecular formula is C16H24N4O. The highest BCUT2D eigenvalue weighted by Crippen LogP contribution is 2.23. The highest BCUT2D eigenvalue weighted by molar-refractivity contribution is 5.56. The van der Waals surface area contributed by atoms with Crippen LogP contribution >= 0.6 is 0 Å². The number of aromatic nitrogens is 2. The Morgan fingerprint density at radius 3 is 3.19 bits per heavy atom. The molecule has 3 rings (SSSR count). The first-order valence-corrected chi connectivity index (χ1v) is 7.83. The number of fused-ring (bicyclic) bond motifs is 1. The van der Waals surface area contributed by atoms with Gasteiger partial charge in [0.05, 0.1) is 11.8 Å². The van der Waals surface area contributed by atoms with Crippen LogP contribution in [-0.2, 0) is 11.3 Å². The molecule has 5 heteroatoms. The Morgan fingerprint density at radius 1 is 1.43 bits per heavy atom. The average Bonchev–Trinajstić information content (AvgIpc) is 2.72. The standard InChI is InChI=1S/C16H24N4O/c1-3-17-11-14-16(18-15-7-4-5-9-20(14)15)19-8-6-10-21-13(2)12-19/h4-5,7,9,13,17H,3,6,8,10-12H2,1-2H3. The van der Waals surface area contributed by atoms with E-state index >= 15 is 0 Å². The van der Waals surface area contributed by atoms with Gasteiger partial charge in [-0.15, -0.1) is 0 Å². The number of hydrogen-bond donors (Lipinski definition) is 1. The van der Waals surface area contributed by atoms with Crippen molar-refractivity contribution < 1.29 is 4.74 Å². The van der Waals surface area contributed by atoms with Crippen molar-refractivity contribution in [2.45, 2.75) is 32.9 Å². The number of anilines is 1. The van der Waals surface area contributed by atoms with Gasteiger partial charge in [0.15, 0.2) is 5.82 Å². The summed E-state index contributed by atoms with van der Waals surface area (Å²) in [6.45, 7) is 8.81. The third-order valence-corrected chi connectivity index (χ3v) is 3.90. The van der Waals surface area contributed by atoms with E-state index in [0.29, 0.717) is 0 Å². The van der Waals surface area contributed by atoms with E-state index in [-0.39, 0.29) is 6.10 Å². The maximum Gasteiger partial charge on any atom is 0.152 e. The summed E-state index contributed by atoms with van der Waals surface area (Å²) >= 11 is 0. The van der Waals surface area contributed by atoms with E-state index in [2.05, 4.69) is 46.8 Å². The Labute approximate surface area is 125 Å². The Hall–Kier alpha value is -1.59. The molecular weight excluding hydrogens is 264 g/mol. The van der Waals surface area contributed by atoms with Crippen molar-refractivity contribution >= 4 is 11.5 Å². The highest BCUT2D eigenvalue weighted by Gasteiger charge is 2.21. The molecule has 1 N–H and O–H groups in total. The predicted molar refractivity (Wildman–Crippen MR) is 84.8 cm³/mol. The molecule has 2 aromatic heterocycles. The van der Waals surface area contributed by atoms with Crippen LogP contribution in [0.1, 0.15) is 26.0 Å². The number of nitrogens with zero attached hydrogens (tertiary/aromatic N) is 3. The number of pyridine rings is 1. The fraction of sp³-hybridized carbons (Fsp3) is 0.562. The summed E-state index contributed by atoms with van der Waals surface area (Å²) in [5.74, 6) is 1.10. The summed E-state index contributed by atoms with van der Waals surface area (Å²) < 4.78 is 7.95. The fourth-order valence-corrected chi connectivity index (χ4v) is 2.88. The lowest BCUT2D eigenvalue weighted by molar-refractivity contribution is 0.0820. The van der Waals surface area contributed by atoms with Gasteiger partial charge in [-0.05, 0) is 32.0 Å². The summed E-state index contributed by atoms with van der Waals surface area (Å²) in [7, 11) is 0. The van der Waals surface area contributed by atoms with Crippen molar-refractivity contribution in [3.63, 3.8) is 0 Å². The van der Waals surface area contributed by atoms with E-state index in [9.17, 15) is 0 Å². The lowest BCUT2D eigenvalue weighted by Gasteiger charge is -2.23. The third kappa shape index (κ3) is 3.04. The molecule has 1 aliphatic heterocycles. The van der Waals surface area contributed by atoms with Crippen molar-refractivity contribution in [3.8, 4) is 0 Å². The largest absolute Gasteiger partial charge is 0.377 e. The van der Waals surface area contributed by atoms with Crippen LogP contribution in [-0.4, -0.2) is 41.7 Å². The first kappa shape index (κ1) is 14.4. The summed E-state index contributed by atoms with van der Waals surface area (Å²) in [5, 5.41) is 3.43. The van der Waals surface area contributed by atoms with E-state index < -0.39 is 0 Å².